The third kappa shape index (κ3) is 5.81. The summed E-state index contributed by atoms with van der Waals surface area (Å²) in [5, 5.41) is 4.22. The molecule has 19 heavy (non-hydrogen) atoms. The van der Waals surface area contributed by atoms with Crippen LogP contribution < -0.4 is 10.2 Å². The van der Waals surface area contributed by atoms with Crippen LogP contribution in [-0.4, -0.2) is 45.7 Å². The Morgan fingerprint density at radius 3 is 2.47 bits per heavy atom. The first-order chi connectivity index (χ1) is 9.04. The van der Waals surface area contributed by atoms with Crippen LogP contribution in [0.25, 0.3) is 0 Å². The smallest absolute Gasteiger partial charge is 0.0471 e. The maximum absolute atomic E-state index is 6.34. The van der Waals surface area contributed by atoms with Gasteiger partial charge in [0.05, 0.1) is 0 Å². The molecule has 1 rings (SSSR count). The van der Waals surface area contributed by atoms with Gasteiger partial charge in [-0.05, 0) is 44.8 Å². The Hall–Kier alpha value is -0.770. The lowest BCUT2D eigenvalue weighted by atomic mass is 10.2. The molecule has 0 bridgehead atoms. The number of halogens is 1. The van der Waals surface area contributed by atoms with Crippen molar-refractivity contribution in [2.24, 2.45) is 0 Å². The number of anilines is 1. The fourth-order valence-corrected chi connectivity index (χ4v) is 2.04. The second-order valence-corrected chi connectivity index (χ2v) is 5.58. The van der Waals surface area contributed by atoms with E-state index in [9.17, 15) is 0 Å². The van der Waals surface area contributed by atoms with Gasteiger partial charge in [-0.25, -0.2) is 0 Å². The summed E-state index contributed by atoms with van der Waals surface area (Å²) < 4.78 is 0. The van der Waals surface area contributed by atoms with Crippen molar-refractivity contribution in [3.8, 4) is 0 Å². The summed E-state index contributed by atoms with van der Waals surface area (Å²) in [5.41, 5.74) is 2.34. The molecule has 108 valence electrons. The minimum Gasteiger partial charge on any atom is -0.373 e. The van der Waals surface area contributed by atoms with Gasteiger partial charge in [-0.15, -0.1) is 0 Å². The van der Waals surface area contributed by atoms with E-state index >= 15 is 0 Å². The zero-order valence-electron chi connectivity index (χ0n) is 12.5. The van der Waals surface area contributed by atoms with Gasteiger partial charge in [0.25, 0.3) is 0 Å². The van der Waals surface area contributed by atoms with Crippen LogP contribution in [0.3, 0.4) is 0 Å². The number of rotatable bonds is 8. The van der Waals surface area contributed by atoms with Crippen molar-refractivity contribution in [2.45, 2.75) is 19.9 Å². The lowest BCUT2D eigenvalue weighted by Gasteiger charge is -2.22. The van der Waals surface area contributed by atoms with E-state index in [4.69, 9.17) is 11.6 Å². The molecular formula is C15H26ClN3. The number of nitrogens with zero attached hydrogens (tertiary/aromatic N) is 2. The highest BCUT2D eigenvalue weighted by Crippen LogP contribution is 2.23. The summed E-state index contributed by atoms with van der Waals surface area (Å²) in [6.07, 6.45) is 1.14. The average molecular weight is 284 g/mol. The number of hydrogen-bond donors (Lipinski definition) is 1. The highest BCUT2D eigenvalue weighted by molar-refractivity contribution is 6.31. The second kappa shape index (κ2) is 8.41. The Bertz CT molecular complexity index is 380. The van der Waals surface area contributed by atoms with E-state index in [-0.39, 0.29) is 0 Å². The SMILES string of the molecule is CCCNCc1ccc(N(C)CCN(C)C)cc1Cl. The molecule has 0 atom stereocenters. The number of nitrogens with one attached hydrogen (secondary N) is 1. The van der Waals surface area contributed by atoms with E-state index in [2.05, 4.69) is 61.4 Å². The summed E-state index contributed by atoms with van der Waals surface area (Å²) in [7, 11) is 6.27. The van der Waals surface area contributed by atoms with E-state index in [1.165, 1.54) is 11.3 Å². The molecule has 0 aromatic heterocycles. The van der Waals surface area contributed by atoms with Gasteiger partial charge in [-0.2, -0.15) is 0 Å². The van der Waals surface area contributed by atoms with Crippen LogP contribution in [0.4, 0.5) is 5.69 Å². The van der Waals surface area contributed by atoms with E-state index < -0.39 is 0 Å². The Morgan fingerprint density at radius 2 is 1.89 bits per heavy atom. The van der Waals surface area contributed by atoms with Gasteiger partial charge < -0.3 is 15.1 Å². The minimum absolute atomic E-state index is 0.842. The summed E-state index contributed by atoms with van der Waals surface area (Å²) in [4.78, 5) is 4.41. The molecule has 1 N–H and O–H groups in total. The molecule has 0 unspecified atom stereocenters. The largest absolute Gasteiger partial charge is 0.373 e. The molecule has 3 nitrogen and oxygen atoms in total. The fraction of sp³-hybridized carbons (Fsp3) is 0.600. The zero-order chi connectivity index (χ0) is 14.3. The Labute approximate surface area is 122 Å². The Morgan fingerprint density at radius 1 is 1.16 bits per heavy atom. The molecule has 0 radical (unpaired) electrons. The van der Waals surface area contributed by atoms with Gasteiger partial charge in [-0.3, -0.25) is 0 Å². The third-order valence-corrected chi connectivity index (χ3v) is 3.45. The molecule has 0 amide bonds. The normalized spacial score (nSPS) is 11.1. The lowest BCUT2D eigenvalue weighted by Crippen LogP contribution is -2.28. The first kappa shape index (κ1) is 16.3. The fourth-order valence-electron chi connectivity index (χ4n) is 1.80. The predicted octanol–water partition coefficient (Wildman–Crippen LogP) is 2.84. The molecule has 1 aromatic rings. The summed E-state index contributed by atoms with van der Waals surface area (Å²) in [6, 6.07) is 6.32. The monoisotopic (exact) mass is 283 g/mol. The van der Waals surface area contributed by atoms with Crippen molar-refractivity contribution in [3.63, 3.8) is 0 Å². The molecule has 0 aliphatic heterocycles. The van der Waals surface area contributed by atoms with Crippen molar-refractivity contribution < 1.29 is 0 Å². The summed E-state index contributed by atoms with van der Waals surface area (Å²) in [6.45, 7) is 6.07. The number of benzene rings is 1. The maximum atomic E-state index is 6.34. The topological polar surface area (TPSA) is 18.5 Å². The molecule has 0 saturated heterocycles. The van der Waals surface area contributed by atoms with Crippen LogP contribution in [0.15, 0.2) is 18.2 Å². The standard InChI is InChI=1S/C15H26ClN3/c1-5-8-17-12-13-6-7-14(11-15(13)16)19(4)10-9-18(2)3/h6-7,11,17H,5,8-10,12H2,1-4H3. The van der Waals surface area contributed by atoms with Crippen LogP contribution in [0, 0.1) is 0 Å². The first-order valence-corrected chi connectivity index (χ1v) is 7.27. The van der Waals surface area contributed by atoms with Crippen LogP contribution >= 0.6 is 11.6 Å². The zero-order valence-corrected chi connectivity index (χ0v) is 13.3. The molecule has 4 heteroatoms. The van der Waals surface area contributed by atoms with E-state index in [1.54, 1.807) is 0 Å². The highest BCUT2D eigenvalue weighted by atomic mass is 35.5. The van der Waals surface area contributed by atoms with Gasteiger partial charge >= 0.3 is 0 Å². The molecule has 0 heterocycles. The summed E-state index contributed by atoms with van der Waals surface area (Å²) in [5.74, 6) is 0. The lowest BCUT2D eigenvalue weighted by molar-refractivity contribution is 0.416. The summed E-state index contributed by atoms with van der Waals surface area (Å²) >= 11 is 6.34. The van der Waals surface area contributed by atoms with Crippen LogP contribution in [0.1, 0.15) is 18.9 Å². The van der Waals surface area contributed by atoms with Crippen LogP contribution in [-0.2, 0) is 6.54 Å². The predicted molar refractivity (Wildman–Crippen MR) is 85.3 cm³/mol. The minimum atomic E-state index is 0.842. The van der Waals surface area contributed by atoms with Crippen molar-refractivity contribution >= 4 is 17.3 Å². The average Bonchev–Trinajstić information content (AvgIpc) is 2.38. The number of hydrogen-bond acceptors (Lipinski definition) is 3. The maximum Gasteiger partial charge on any atom is 0.0471 e. The van der Waals surface area contributed by atoms with Crippen molar-refractivity contribution in [3.05, 3.63) is 28.8 Å². The van der Waals surface area contributed by atoms with E-state index in [0.717, 1.165) is 37.6 Å². The second-order valence-electron chi connectivity index (χ2n) is 5.18. The molecule has 0 aliphatic carbocycles. The van der Waals surface area contributed by atoms with Gasteiger partial charge in [0.15, 0.2) is 0 Å². The van der Waals surface area contributed by atoms with Gasteiger partial charge in [0.1, 0.15) is 0 Å². The first-order valence-electron chi connectivity index (χ1n) is 6.89. The van der Waals surface area contributed by atoms with Gasteiger partial charge in [0.2, 0.25) is 0 Å². The molecule has 0 aliphatic rings. The molecule has 0 saturated carbocycles. The van der Waals surface area contributed by atoms with Crippen molar-refractivity contribution in [2.75, 3.05) is 45.7 Å². The van der Waals surface area contributed by atoms with Crippen LogP contribution in [0.5, 0.6) is 0 Å². The van der Waals surface area contributed by atoms with Crippen molar-refractivity contribution in [1.29, 1.82) is 0 Å². The van der Waals surface area contributed by atoms with Crippen molar-refractivity contribution in [1.82, 2.24) is 10.2 Å². The van der Waals surface area contributed by atoms with Gasteiger partial charge in [-0.1, -0.05) is 24.6 Å². The molecule has 0 spiro atoms. The Kier molecular flexibility index (Phi) is 7.21. The third-order valence-electron chi connectivity index (χ3n) is 3.10. The van der Waals surface area contributed by atoms with E-state index in [1.807, 2.05) is 0 Å². The highest BCUT2D eigenvalue weighted by Gasteiger charge is 2.05. The molecular weight excluding hydrogens is 258 g/mol. The molecule has 1 aromatic carbocycles. The Balaban J connectivity index is 2.59. The molecule has 0 fully saturated rings. The quantitative estimate of drug-likeness (QED) is 0.740. The van der Waals surface area contributed by atoms with E-state index in [0.29, 0.717) is 0 Å². The number of likely N-dealkylation sites (N-methyl/N-ethyl adjacent to an activating group) is 2. The van der Waals surface area contributed by atoms with Crippen LogP contribution in [0.2, 0.25) is 5.02 Å². The van der Waals surface area contributed by atoms with Gasteiger partial charge in [0, 0.05) is 37.4 Å².